The molecule has 0 saturated heterocycles. The molecule has 0 amide bonds. The lowest BCUT2D eigenvalue weighted by molar-refractivity contribution is 0.0318. The number of nitrogens with zero attached hydrogens (tertiary/aromatic N) is 1. The minimum atomic E-state index is -0.190. The summed E-state index contributed by atoms with van der Waals surface area (Å²) in [5.41, 5.74) is 1.71. The van der Waals surface area contributed by atoms with Crippen LogP contribution in [0.15, 0.2) is 30.5 Å². The van der Waals surface area contributed by atoms with Gasteiger partial charge in [0.2, 0.25) is 0 Å². The van der Waals surface area contributed by atoms with Gasteiger partial charge in [0, 0.05) is 18.8 Å². The molecule has 1 saturated carbocycles. The Balaban J connectivity index is 1.84. The van der Waals surface area contributed by atoms with Crippen LogP contribution < -0.4 is 0 Å². The van der Waals surface area contributed by atoms with E-state index in [0.717, 1.165) is 23.7 Å². The van der Waals surface area contributed by atoms with Crippen molar-refractivity contribution in [3.63, 3.8) is 0 Å². The van der Waals surface area contributed by atoms with E-state index in [1.54, 1.807) is 0 Å². The van der Waals surface area contributed by atoms with E-state index in [1.807, 2.05) is 42.1 Å². The van der Waals surface area contributed by atoms with Crippen molar-refractivity contribution in [1.82, 2.24) is 4.57 Å². The first-order chi connectivity index (χ1) is 8.74. The van der Waals surface area contributed by atoms with Gasteiger partial charge in [0.05, 0.1) is 5.56 Å². The predicted molar refractivity (Wildman–Crippen MR) is 70.6 cm³/mol. The Morgan fingerprint density at radius 1 is 1.28 bits per heavy atom. The number of carbonyl (C=O) groups excluding carboxylic acids is 1. The van der Waals surface area contributed by atoms with Gasteiger partial charge >= 0.3 is 5.97 Å². The summed E-state index contributed by atoms with van der Waals surface area (Å²) in [6.07, 6.45) is 6.50. The number of carbonyl (C=O) groups is 1. The molecule has 1 aliphatic carbocycles. The molecule has 3 rings (SSSR count). The molecular weight excluding hydrogens is 226 g/mol. The maximum Gasteiger partial charge on any atom is 0.338 e. The lowest BCUT2D eigenvalue weighted by atomic mass is 10.1. The molecule has 0 bridgehead atoms. The van der Waals surface area contributed by atoms with E-state index < -0.39 is 0 Å². The van der Waals surface area contributed by atoms with Gasteiger partial charge in [-0.1, -0.05) is 6.07 Å². The summed E-state index contributed by atoms with van der Waals surface area (Å²) in [5.74, 6) is -0.190. The molecule has 0 unspecified atom stereocenters. The van der Waals surface area contributed by atoms with Crippen LogP contribution >= 0.6 is 0 Å². The normalized spacial score (nSPS) is 16.3. The third kappa shape index (κ3) is 2.01. The molecule has 3 nitrogen and oxygen atoms in total. The van der Waals surface area contributed by atoms with Crippen molar-refractivity contribution in [1.29, 1.82) is 0 Å². The monoisotopic (exact) mass is 243 g/mol. The molecule has 0 atom stereocenters. The Labute approximate surface area is 106 Å². The van der Waals surface area contributed by atoms with Gasteiger partial charge < -0.3 is 9.30 Å². The summed E-state index contributed by atoms with van der Waals surface area (Å²) in [6.45, 7) is 0. The molecule has 18 heavy (non-hydrogen) atoms. The van der Waals surface area contributed by atoms with Gasteiger partial charge in [-0.25, -0.2) is 4.79 Å². The average Bonchev–Trinajstić information content (AvgIpc) is 3.00. The van der Waals surface area contributed by atoms with E-state index >= 15 is 0 Å². The molecule has 94 valence electrons. The number of esters is 1. The summed E-state index contributed by atoms with van der Waals surface area (Å²) in [5, 5.41) is 1.15. The third-order valence-electron chi connectivity index (χ3n) is 3.70. The van der Waals surface area contributed by atoms with E-state index in [2.05, 4.69) is 0 Å². The van der Waals surface area contributed by atoms with Crippen molar-refractivity contribution in [2.24, 2.45) is 7.05 Å². The van der Waals surface area contributed by atoms with Crippen molar-refractivity contribution in [3.8, 4) is 0 Å². The van der Waals surface area contributed by atoms with Crippen LogP contribution in [0.5, 0.6) is 0 Å². The molecular formula is C15H17NO2. The molecule has 1 aliphatic rings. The lowest BCUT2D eigenvalue weighted by Gasteiger charge is -2.11. The Hall–Kier alpha value is -1.77. The highest BCUT2D eigenvalue weighted by Crippen LogP contribution is 2.23. The number of fused-ring (bicyclic) bond motifs is 1. The summed E-state index contributed by atoms with van der Waals surface area (Å²) in [7, 11) is 1.98. The number of rotatable bonds is 2. The summed E-state index contributed by atoms with van der Waals surface area (Å²) in [6, 6.07) is 7.77. The second-order valence-electron chi connectivity index (χ2n) is 5.01. The van der Waals surface area contributed by atoms with Gasteiger partial charge in [0.25, 0.3) is 0 Å². The van der Waals surface area contributed by atoms with Gasteiger partial charge in [-0.3, -0.25) is 0 Å². The zero-order valence-corrected chi connectivity index (χ0v) is 10.6. The van der Waals surface area contributed by atoms with Gasteiger partial charge in [0.15, 0.2) is 0 Å². The van der Waals surface area contributed by atoms with Crippen LogP contribution in [0.2, 0.25) is 0 Å². The number of aryl methyl sites for hydroxylation is 1. The Kier molecular flexibility index (Phi) is 2.82. The number of hydrogen-bond donors (Lipinski definition) is 0. The smallest absolute Gasteiger partial charge is 0.338 e. The fourth-order valence-corrected chi connectivity index (χ4v) is 2.62. The second kappa shape index (κ2) is 4.48. The van der Waals surface area contributed by atoms with Crippen molar-refractivity contribution in [3.05, 3.63) is 36.0 Å². The maximum absolute atomic E-state index is 12.0. The summed E-state index contributed by atoms with van der Waals surface area (Å²) >= 11 is 0. The van der Waals surface area contributed by atoms with Crippen LogP contribution in [-0.2, 0) is 11.8 Å². The van der Waals surface area contributed by atoms with Crippen molar-refractivity contribution in [2.75, 3.05) is 0 Å². The van der Waals surface area contributed by atoms with Gasteiger partial charge in [-0.2, -0.15) is 0 Å². The molecule has 0 radical (unpaired) electrons. The molecule has 1 aromatic carbocycles. The first-order valence-corrected chi connectivity index (χ1v) is 6.50. The Morgan fingerprint density at radius 3 is 2.83 bits per heavy atom. The van der Waals surface area contributed by atoms with Crippen LogP contribution in [0.25, 0.3) is 10.9 Å². The van der Waals surface area contributed by atoms with Gasteiger partial charge in [0.1, 0.15) is 6.10 Å². The highest BCUT2D eigenvalue weighted by atomic mass is 16.5. The summed E-state index contributed by atoms with van der Waals surface area (Å²) in [4.78, 5) is 12.0. The summed E-state index contributed by atoms with van der Waals surface area (Å²) < 4.78 is 7.53. The van der Waals surface area contributed by atoms with Crippen LogP contribution in [0, 0.1) is 0 Å². The van der Waals surface area contributed by atoms with Crippen LogP contribution in [-0.4, -0.2) is 16.6 Å². The maximum atomic E-state index is 12.0. The number of ether oxygens (including phenoxy) is 1. The predicted octanol–water partition coefficient (Wildman–Crippen LogP) is 3.28. The molecule has 1 fully saturated rings. The van der Waals surface area contributed by atoms with E-state index in [9.17, 15) is 4.79 Å². The van der Waals surface area contributed by atoms with E-state index in [0.29, 0.717) is 5.56 Å². The Morgan fingerprint density at radius 2 is 2.06 bits per heavy atom. The highest BCUT2D eigenvalue weighted by Gasteiger charge is 2.20. The van der Waals surface area contributed by atoms with E-state index in [-0.39, 0.29) is 12.1 Å². The van der Waals surface area contributed by atoms with E-state index in [1.165, 1.54) is 12.8 Å². The standard InChI is InChI=1S/C15H17NO2/c1-16-9-8-11-6-7-12(10-14(11)16)15(17)18-13-4-2-3-5-13/h6-10,13H,2-5H2,1H3. The lowest BCUT2D eigenvalue weighted by Crippen LogP contribution is -2.14. The second-order valence-corrected chi connectivity index (χ2v) is 5.01. The zero-order chi connectivity index (χ0) is 12.5. The minimum Gasteiger partial charge on any atom is -0.459 e. The van der Waals surface area contributed by atoms with Crippen molar-refractivity contribution in [2.45, 2.75) is 31.8 Å². The molecule has 1 aromatic heterocycles. The molecule has 0 aliphatic heterocycles. The largest absolute Gasteiger partial charge is 0.459 e. The van der Waals surface area contributed by atoms with E-state index in [4.69, 9.17) is 4.74 Å². The zero-order valence-electron chi connectivity index (χ0n) is 10.6. The number of benzene rings is 1. The molecule has 0 spiro atoms. The third-order valence-corrected chi connectivity index (χ3v) is 3.70. The van der Waals surface area contributed by atoms with Crippen molar-refractivity contribution >= 4 is 16.9 Å². The molecule has 2 aromatic rings. The number of aromatic nitrogens is 1. The molecule has 1 heterocycles. The first kappa shape index (κ1) is 11.3. The minimum absolute atomic E-state index is 0.126. The molecule has 0 N–H and O–H groups in total. The topological polar surface area (TPSA) is 31.2 Å². The quantitative estimate of drug-likeness (QED) is 0.758. The van der Waals surface area contributed by atoms with Crippen LogP contribution in [0.1, 0.15) is 36.0 Å². The fraction of sp³-hybridized carbons (Fsp3) is 0.400. The van der Waals surface area contributed by atoms with Crippen LogP contribution in [0.4, 0.5) is 0 Å². The average molecular weight is 243 g/mol. The van der Waals surface area contributed by atoms with Gasteiger partial charge in [-0.15, -0.1) is 0 Å². The van der Waals surface area contributed by atoms with Gasteiger partial charge in [-0.05, 0) is 49.3 Å². The Bertz CT molecular complexity index is 579. The molecule has 3 heteroatoms. The number of hydrogen-bond acceptors (Lipinski definition) is 2. The fourth-order valence-electron chi connectivity index (χ4n) is 2.62. The SMILES string of the molecule is Cn1ccc2ccc(C(=O)OC3CCCC3)cc21. The first-order valence-electron chi connectivity index (χ1n) is 6.50. The van der Waals surface area contributed by atoms with Crippen LogP contribution in [0.3, 0.4) is 0 Å². The highest BCUT2D eigenvalue weighted by molar-refractivity contribution is 5.94. The van der Waals surface area contributed by atoms with Crippen molar-refractivity contribution < 1.29 is 9.53 Å².